The molecule has 0 N–H and O–H groups in total. The van der Waals surface area contributed by atoms with Crippen LogP contribution in [-0.2, 0) is 4.74 Å². The van der Waals surface area contributed by atoms with Gasteiger partial charge in [0.2, 0.25) is 0 Å². The van der Waals surface area contributed by atoms with Crippen LogP contribution in [-0.4, -0.2) is 37.0 Å². The summed E-state index contributed by atoms with van der Waals surface area (Å²) in [6.45, 7) is 0.133. The van der Waals surface area contributed by atoms with Crippen molar-refractivity contribution in [3.05, 3.63) is 35.4 Å². The van der Waals surface area contributed by atoms with E-state index in [0.29, 0.717) is 22.9 Å². The summed E-state index contributed by atoms with van der Waals surface area (Å²) >= 11 is 6.08. The van der Waals surface area contributed by atoms with Crippen molar-refractivity contribution in [3.63, 3.8) is 0 Å². The van der Waals surface area contributed by atoms with E-state index in [0.717, 1.165) is 5.39 Å². The fourth-order valence-corrected chi connectivity index (χ4v) is 2.56. The summed E-state index contributed by atoms with van der Waals surface area (Å²) < 4.78 is 43.0. The molecule has 1 fully saturated rings. The van der Waals surface area contributed by atoms with E-state index < -0.39 is 12.3 Å². The number of nitrogens with zero attached hydrogens (tertiary/aromatic N) is 2. The molecule has 7 heteroatoms. The van der Waals surface area contributed by atoms with Gasteiger partial charge in [-0.15, -0.1) is 0 Å². The highest BCUT2D eigenvalue weighted by Crippen LogP contribution is 2.29. The van der Waals surface area contributed by atoms with E-state index in [1.807, 2.05) is 12.1 Å². The van der Waals surface area contributed by atoms with Gasteiger partial charge in [-0.3, -0.25) is 0 Å². The van der Waals surface area contributed by atoms with E-state index in [-0.39, 0.29) is 13.2 Å². The van der Waals surface area contributed by atoms with Gasteiger partial charge in [0, 0.05) is 11.9 Å². The molecule has 112 valence electrons. The number of benzene rings is 1. The molecule has 1 aromatic carbocycles. The molecule has 1 aliphatic heterocycles. The summed E-state index contributed by atoms with van der Waals surface area (Å²) in [7, 11) is 0. The molecule has 21 heavy (non-hydrogen) atoms. The molecule has 2 aromatic rings. The van der Waals surface area contributed by atoms with Crippen LogP contribution in [0.3, 0.4) is 0 Å². The fraction of sp³-hybridized carbons (Fsp3) is 0.357. The minimum atomic E-state index is -4.37. The third-order valence-electron chi connectivity index (χ3n) is 3.41. The van der Waals surface area contributed by atoms with Gasteiger partial charge < -0.3 is 9.64 Å². The number of anilines is 1. The van der Waals surface area contributed by atoms with Gasteiger partial charge in [0.05, 0.1) is 23.7 Å². The first-order valence-corrected chi connectivity index (χ1v) is 6.81. The monoisotopic (exact) mass is 316 g/mol. The third-order valence-corrected chi connectivity index (χ3v) is 3.72. The topological polar surface area (TPSA) is 25.4 Å². The van der Waals surface area contributed by atoms with Crippen molar-refractivity contribution < 1.29 is 17.9 Å². The summed E-state index contributed by atoms with van der Waals surface area (Å²) in [6, 6.07) is 8.88. The zero-order chi connectivity index (χ0) is 15.0. The molecule has 3 nitrogen and oxygen atoms in total. The van der Waals surface area contributed by atoms with Crippen LogP contribution < -0.4 is 4.90 Å². The van der Waals surface area contributed by atoms with Gasteiger partial charge in [0.15, 0.2) is 6.10 Å². The van der Waals surface area contributed by atoms with Crippen LogP contribution in [0.2, 0.25) is 5.02 Å². The molecule has 1 atom stereocenters. The number of fused-ring (bicyclic) bond motifs is 1. The SMILES string of the molecule is FC(F)(F)C1CN(c2ccc3cccc(Cl)c3n2)CCO1. The molecule has 1 aliphatic rings. The van der Waals surface area contributed by atoms with Crippen molar-refractivity contribution in [1.82, 2.24) is 4.98 Å². The van der Waals surface area contributed by atoms with E-state index in [4.69, 9.17) is 16.3 Å². The quantitative estimate of drug-likeness (QED) is 0.803. The molecule has 0 radical (unpaired) electrons. The van der Waals surface area contributed by atoms with Crippen LogP contribution in [0.15, 0.2) is 30.3 Å². The van der Waals surface area contributed by atoms with Crippen molar-refractivity contribution in [2.45, 2.75) is 12.3 Å². The number of hydrogen-bond acceptors (Lipinski definition) is 3. The Labute approximate surface area is 124 Å². The third kappa shape index (κ3) is 2.91. The molecule has 0 bridgehead atoms. The fourth-order valence-electron chi connectivity index (χ4n) is 2.33. The average Bonchev–Trinajstić information content (AvgIpc) is 2.47. The first-order chi connectivity index (χ1) is 9.95. The van der Waals surface area contributed by atoms with Gasteiger partial charge in [0.1, 0.15) is 5.82 Å². The van der Waals surface area contributed by atoms with E-state index in [1.165, 1.54) is 0 Å². The Balaban J connectivity index is 1.91. The lowest BCUT2D eigenvalue weighted by Crippen LogP contribution is -2.49. The van der Waals surface area contributed by atoms with Crippen LogP contribution in [0, 0.1) is 0 Å². The number of hydrogen-bond donors (Lipinski definition) is 0. The number of para-hydroxylation sites is 1. The Morgan fingerprint density at radius 1 is 1.24 bits per heavy atom. The molecule has 1 aromatic heterocycles. The largest absolute Gasteiger partial charge is 0.416 e. The van der Waals surface area contributed by atoms with Crippen LogP contribution >= 0.6 is 11.6 Å². The second-order valence-corrected chi connectivity index (χ2v) is 5.24. The highest BCUT2D eigenvalue weighted by Gasteiger charge is 2.43. The number of aromatic nitrogens is 1. The standard InChI is InChI=1S/C14H12ClF3N2O/c15-10-3-1-2-9-4-5-12(19-13(9)10)20-6-7-21-11(8-20)14(16,17)18/h1-5,11H,6-8H2. The number of alkyl halides is 3. The molecule has 0 amide bonds. The summed E-state index contributed by atoms with van der Waals surface area (Å²) in [6.07, 6.45) is -6.15. The van der Waals surface area contributed by atoms with E-state index in [2.05, 4.69) is 4.98 Å². The lowest BCUT2D eigenvalue weighted by Gasteiger charge is -2.34. The Hall–Kier alpha value is -1.53. The molecule has 0 aliphatic carbocycles. The average molecular weight is 317 g/mol. The van der Waals surface area contributed by atoms with E-state index in [9.17, 15) is 13.2 Å². The number of ether oxygens (including phenoxy) is 1. The zero-order valence-electron chi connectivity index (χ0n) is 10.9. The Bertz CT molecular complexity index is 662. The molecule has 3 rings (SSSR count). The van der Waals surface area contributed by atoms with E-state index >= 15 is 0 Å². The normalized spacial score (nSPS) is 20.0. The maximum absolute atomic E-state index is 12.8. The molecule has 0 saturated carbocycles. The second-order valence-electron chi connectivity index (χ2n) is 4.83. The lowest BCUT2D eigenvalue weighted by atomic mass is 10.2. The molecule has 0 spiro atoms. The number of morpholine rings is 1. The van der Waals surface area contributed by atoms with Gasteiger partial charge in [0.25, 0.3) is 0 Å². The van der Waals surface area contributed by atoms with Gasteiger partial charge in [-0.25, -0.2) is 4.98 Å². The van der Waals surface area contributed by atoms with Crippen molar-refractivity contribution in [2.24, 2.45) is 0 Å². The van der Waals surface area contributed by atoms with E-state index in [1.54, 1.807) is 23.1 Å². The molecular formula is C14H12ClF3N2O. The Morgan fingerprint density at radius 3 is 2.81 bits per heavy atom. The minimum absolute atomic E-state index is 0.0203. The molecule has 1 saturated heterocycles. The number of rotatable bonds is 1. The summed E-state index contributed by atoms with van der Waals surface area (Å²) in [5, 5.41) is 1.34. The van der Waals surface area contributed by atoms with Crippen molar-refractivity contribution >= 4 is 28.3 Å². The smallest absolute Gasteiger partial charge is 0.365 e. The van der Waals surface area contributed by atoms with Crippen molar-refractivity contribution in [1.29, 1.82) is 0 Å². The first-order valence-electron chi connectivity index (χ1n) is 6.44. The number of pyridine rings is 1. The summed E-state index contributed by atoms with van der Waals surface area (Å²) in [5.41, 5.74) is 0.590. The second kappa shape index (κ2) is 5.35. The molecular weight excluding hydrogens is 305 g/mol. The first kappa shape index (κ1) is 14.4. The van der Waals surface area contributed by atoms with Crippen LogP contribution in [0.5, 0.6) is 0 Å². The highest BCUT2D eigenvalue weighted by molar-refractivity contribution is 6.35. The van der Waals surface area contributed by atoms with Gasteiger partial charge in [-0.05, 0) is 18.2 Å². The van der Waals surface area contributed by atoms with Crippen molar-refractivity contribution in [3.8, 4) is 0 Å². The Morgan fingerprint density at radius 2 is 2.05 bits per heavy atom. The zero-order valence-corrected chi connectivity index (χ0v) is 11.7. The molecule has 1 unspecified atom stereocenters. The lowest BCUT2D eigenvalue weighted by molar-refractivity contribution is -0.221. The predicted molar refractivity (Wildman–Crippen MR) is 74.8 cm³/mol. The highest BCUT2D eigenvalue weighted by atomic mass is 35.5. The Kier molecular flexibility index (Phi) is 3.67. The predicted octanol–water partition coefficient (Wildman–Crippen LogP) is 3.66. The maximum atomic E-state index is 12.8. The minimum Gasteiger partial charge on any atom is -0.365 e. The molecule has 2 heterocycles. The van der Waals surface area contributed by atoms with Gasteiger partial charge >= 0.3 is 6.18 Å². The van der Waals surface area contributed by atoms with Crippen LogP contribution in [0.25, 0.3) is 10.9 Å². The van der Waals surface area contributed by atoms with Crippen molar-refractivity contribution in [2.75, 3.05) is 24.6 Å². The summed E-state index contributed by atoms with van der Waals surface area (Å²) in [4.78, 5) is 5.96. The summed E-state index contributed by atoms with van der Waals surface area (Å²) in [5.74, 6) is 0.480. The number of halogens is 4. The van der Waals surface area contributed by atoms with Gasteiger partial charge in [-0.1, -0.05) is 23.7 Å². The van der Waals surface area contributed by atoms with Gasteiger partial charge in [-0.2, -0.15) is 13.2 Å². The van der Waals surface area contributed by atoms with Crippen LogP contribution in [0.1, 0.15) is 0 Å². The van der Waals surface area contributed by atoms with Crippen LogP contribution in [0.4, 0.5) is 19.0 Å². The maximum Gasteiger partial charge on any atom is 0.416 e.